The lowest BCUT2D eigenvalue weighted by atomic mass is 9.75. The molecule has 1 fully saturated rings. The maximum absolute atomic E-state index is 15.4. The molecule has 1 heterocycles. The number of halogens is 1. The lowest BCUT2D eigenvalue weighted by Crippen LogP contribution is -2.35. The summed E-state index contributed by atoms with van der Waals surface area (Å²) in [7, 11) is 1.85. The first-order chi connectivity index (χ1) is 14.3. The Morgan fingerprint density at radius 2 is 1.90 bits per heavy atom. The molecule has 1 aromatic heterocycles. The van der Waals surface area contributed by atoms with Gasteiger partial charge in [0.2, 0.25) is 0 Å². The zero-order valence-electron chi connectivity index (χ0n) is 18.4. The summed E-state index contributed by atoms with van der Waals surface area (Å²) in [6, 6.07) is 12.1. The summed E-state index contributed by atoms with van der Waals surface area (Å²) < 4.78 is 17.1. The first-order valence-corrected chi connectivity index (χ1v) is 10.8. The lowest BCUT2D eigenvalue weighted by molar-refractivity contribution is 0.205. The Bertz CT molecular complexity index is 1030. The van der Waals surface area contributed by atoms with Gasteiger partial charge in [0.15, 0.2) is 5.82 Å². The van der Waals surface area contributed by atoms with Gasteiger partial charge in [0.25, 0.3) is 0 Å². The van der Waals surface area contributed by atoms with Gasteiger partial charge < -0.3 is 5.32 Å². The average molecular weight is 407 g/mol. The van der Waals surface area contributed by atoms with E-state index in [9.17, 15) is 0 Å². The molecule has 0 spiro atoms. The van der Waals surface area contributed by atoms with E-state index in [1.807, 2.05) is 50.4 Å². The molecule has 0 unspecified atom stereocenters. The van der Waals surface area contributed by atoms with Gasteiger partial charge >= 0.3 is 0 Å². The van der Waals surface area contributed by atoms with Gasteiger partial charge in [-0.3, -0.25) is 4.68 Å². The molecule has 1 aliphatic rings. The molecule has 1 N–H and O–H groups in total. The quantitative estimate of drug-likeness (QED) is 0.595. The number of aryl methyl sites for hydroxylation is 2. The maximum atomic E-state index is 15.4. The minimum atomic E-state index is -0.132. The number of hydrogen-bond donors (Lipinski definition) is 1. The second-order valence-corrected chi connectivity index (χ2v) is 9.37. The summed E-state index contributed by atoms with van der Waals surface area (Å²) in [6.07, 6.45) is 6.46. The zero-order chi connectivity index (χ0) is 21.3. The molecule has 0 atom stereocenters. The molecule has 0 radical (unpaired) electrons. The fourth-order valence-corrected chi connectivity index (χ4v) is 4.36. The third-order valence-electron chi connectivity index (χ3n) is 6.37. The Balaban J connectivity index is 1.51. The molecule has 3 aromatic rings. The maximum Gasteiger partial charge on any atom is 0.181 e. The number of nitrogens with one attached hydrogen (secondary N) is 1. The summed E-state index contributed by atoms with van der Waals surface area (Å²) in [4.78, 5) is 4.31. The highest BCUT2D eigenvalue weighted by atomic mass is 19.1. The number of nitrogens with zero attached hydrogens (tertiary/aromatic N) is 3. The van der Waals surface area contributed by atoms with Gasteiger partial charge in [-0.15, -0.1) is 0 Å². The SMILES string of the molecule is Cc1cc(-c2ncn(C)n2)ccc1-c1cccc(CNC2CCC(C)(C)CC2)c1F. The van der Waals surface area contributed by atoms with Gasteiger partial charge in [0.05, 0.1) is 0 Å². The van der Waals surface area contributed by atoms with Crippen LogP contribution in [0.25, 0.3) is 22.5 Å². The van der Waals surface area contributed by atoms with Crippen LogP contribution in [0.2, 0.25) is 0 Å². The largest absolute Gasteiger partial charge is 0.310 e. The topological polar surface area (TPSA) is 42.7 Å². The van der Waals surface area contributed by atoms with Crippen LogP contribution >= 0.6 is 0 Å². The second-order valence-electron chi connectivity index (χ2n) is 9.37. The molecule has 1 aliphatic carbocycles. The number of benzene rings is 2. The lowest BCUT2D eigenvalue weighted by Gasteiger charge is -2.34. The highest BCUT2D eigenvalue weighted by molar-refractivity contribution is 5.72. The minimum Gasteiger partial charge on any atom is -0.310 e. The van der Waals surface area contributed by atoms with Crippen molar-refractivity contribution in [1.82, 2.24) is 20.1 Å². The van der Waals surface area contributed by atoms with E-state index < -0.39 is 0 Å². The third kappa shape index (κ3) is 4.46. The van der Waals surface area contributed by atoms with Crippen LogP contribution < -0.4 is 5.32 Å². The Morgan fingerprint density at radius 3 is 2.57 bits per heavy atom. The van der Waals surface area contributed by atoms with Crippen molar-refractivity contribution in [3.63, 3.8) is 0 Å². The van der Waals surface area contributed by atoms with E-state index >= 15 is 4.39 Å². The van der Waals surface area contributed by atoms with Gasteiger partial charge in [-0.2, -0.15) is 5.10 Å². The number of hydrogen-bond acceptors (Lipinski definition) is 3. The van der Waals surface area contributed by atoms with Gasteiger partial charge in [-0.1, -0.05) is 44.2 Å². The van der Waals surface area contributed by atoms with E-state index in [0.29, 0.717) is 29.4 Å². The van der Waals surface area contributed by atoms with Crippen molar-refractivity contribution < 1.29 is 4.39 Å². The highest BCUT2D eigenvalue weighted by Crippen LogP contribution is 2.35. The Kier molecular flexibility index (Phi) is 5.74. The molecule has 30 heavy (non-hydrogen) atoms. The van der Waals surface area contributed by atoms with Crippen molar-refractivity contribution in [2.45, 2.75) is 59.0 Å². The van der Waals surface area contributed by atoms with Crippen molar-refractivity contribution in [3.8, 4) is 22.5 Å². The van der Waals surface area contributed by atoms with Gasteiger partial charge in [0.1, 0.15) is 12.1 Å². The van der Waals surface area contributed by atoms with Crippen molar-refractivity contribution in [2.24, 2.45) is 12.5 Å². The Labute approximate surface area is 178 Å². The first kappa shape index (κ1) is 20.7. The summed E-state index contributed by atoms with van der Waals surface area (Å²) in [5.74, 6) is 0.550. The molecule has 2 aromatic carbocycles. The molecular weight excluding hydrogens is 375 g/mol. The van der Waals surface area contributed by atoms with Crippen molar-refractivity contribution in [2.75, 3.05) is 0 Å². The van der Waals surface area contributed by atoms with E-state index in [1.165, 1.54) is 12.8 Å². The van der Waals surface area contributed by atoms with Crippen molar-refractivity contribution >= 4 is 0 Å². The normalized spacial score (nSPS) is 16.7. The van der Waals surface area contributed by atoms with Crippen molar-refractivity contribution in [3.05, 3.63) is 59.7 Å². The van der Waals surface area contributed by atoms with Gasteiger partial charge in [-0.05, 0) is 55.2 Å². The molecule has 5 heteroatoms. The monoisotopic (exact) mass is 406 g/mol. The van der Waals surface area contributed by atoms with E-state index in [2.05, 4.69) is 29.2 Å². The number of aromatic nitrogens is 3. The summed E-state index contributed by atoms with van der Waals surface area (Å²) >= 11 is 0. The van der Waals surface area contributed by atoms with Crippen LogP contribution in [-0.4, -0.2) is 20.8 Å². The summed E-state index contributed by atoms with van der Waals surface area (Å²) in [6.45, 7) is 7.25. The predicted octanol–water partition coefficient (Wildman–Crippen LogP) is 5.66. The average Bonchev–Trinajstić information content (AvgIpc) is 3.15. The van der Waals surface area contributed by atoms with Gasteiger partial charge in [0, 0.05) is 36.3 Å². The van der Waals surface area contributed by atoms with Crippen LogP contribution in [0.3, 0.4) is 0 Å². The fraction of sp³-hybridized carbons (Fsp3) is 0.440. The zero-order valence-corrected chi connectivity index (χ0v) is 18.4. The molecule has 4 nitrogen and oxygen atoms in total. The molecule has 0 aliphatic heterocycles. The molecule has 1 saturated carbocycles. The Morgan fingerprint density at radius 1 is 1.13 bits per heavy atom. The molecule has 158 valence electrons. The fourth-order valence-electron chi connectivity index (χ4n) is 4.36. The van der Waals surface area contributed by atoms with E-state index in [4.69, 9.17) is 0 Å². The van der Waals surface area contributed by atoms with Crippen LogP contribution in [0.15, 0.2) is 42.7 Å². The van der Waals surface area contributed by atoms with E-state index in [0.717, 1.165) is 35.1 Å². The predicted molar refractivity (Wildman–Crippen MR) is 119 cm³/mol. The van der Waals surface area contributed by atoms with Crippen LogP contribution in [0, 0.1) is 18.2 Å². The summed E-state index contributed by atoms with van der Waals surface area (Å²) in [5.41, 5.74) is 4.68. The molecule has 4 rings (SSSR count). The minimum absolute atomic E-state index is 0.132. The van der Waals surface area contributed by atoms with E-state index in [-0.39, 0.29) is 5.82 Å². The standard InChI is InChI=1S/C25H31FN4/c1-17-14-18(24-28-16-30(4)29-24)8-9-21(17)22-7-5-6-19(23(22)26)15-27-20-10-12-25(2,3)13-11-20/h5-9,14,16,20,27H,10-13,15H2,1-4H3. The molecule has 0 saturated heterocycles. The highest BCUT2D eigenvalue weighted by Gasteiger charge is 2.26. The number of rotatable bonds is 5. The van der Waals surface area contributed by atoms with Crippen molar-refractivity contribution in [1.29, 1.82) is 0 Å². The smallest absolute Gasteiger partial charge is 0.181 e. The van der Waals surface area contributed by atoms with Crippen LogP contribution in [0.1, 0.15) is 50.7 Å². The van der Waals surface area contributed by atoms with E-state index in [1.54, 1.807) is 11.0 Å². The molecule has 0 bridgehead atoms. The Hall–Kier alpha value is -2.53. The summed E-state index contributed by atoms with van der Waals surface area (Å²) in [5, 5.41) is 7.94. The first-order valence-electron chi connectivity index (χ1n) is 10.8. The third-order valence-corrected chi connectivity index (χ3v) is 6.37. The van der Waals surface area contributed by atoms with Crippen LogP contribution in [0.5, 0.6) is 0 Å². The van der Waals surface area contributed by atoms with Crippen LogP contribution in [-0.2, 0) is 13.6 Å². The molecule has 0 amide bonds. The van der Waals surface area contributed by atoms with Crippen LogP contribution in [0.4, 0.5) is 4.39 Å². The van der Waals surface area contributed by atoms with Gasteiger partial charge in [-0.25, -0.2) is 9.37 Å². The molecular formula is C25H31FN4. The second kappa shape index (κ2) is 8.31.